The van der Waals surface area contributed by atoms with Crippen LogP contribution in [0.4, 0.5) is 14.9 Å². The molecule has 0 aliphatic carbocycles. The monoisotopic (exact) mass is 502 g/mol. The molecule has 2 amide bonds. The highest BCUT2D eigenvalue weighted by molar-refractivity contribution is 7.92. The van der Waals surface area contributed by atoms with Gasteiger partial charge in [0.1, 0.15) is 21.6 Å². The Morgan fingerprint density at radius 3 is 2.53 bits per heavy atom. The molecule has 0 unspecified atom stereocenters. The van der Waals surface area contributed by atoms with Crippen LogP contribution < -0.4 is 20.3 Å². The van der Waals surface area contributed by atoms with E-state index in [-0.39, 0.29) is 26.8 Å². The molecule has 4 rings (SSSR count). The molecule has 0 saturated heterocycles. The second-order valence-corrected chi connectivity index (χ2v) is 10.5. The standard InChI is InChI=1S/C22H19FN4O5S2/c1-12-4-9-20(33-12)34(30,31)26-22(29)25-14-5-8-19(17(23)10-14)27-13(2)24-18-7-6-15(32-3)11-16(18)21(27)28/h4-11H,1-3H3,(H2,25,26,29). The van der Waals surface area contributed by atoms with Crippen molar-refractivity contribution in [3.05, 3.63) is 75.4 Å². The minimum absolute atomic E-state index is 0.00238. The number of anilines is 1. The van der Waals surface area contributed by atoms with Crippen molar-refractivity contribution < 1.29 is 22.3 Å². The maximum atomic E-state index is 15.0. The van der Waals surface area contributed by atoms with Crippen LogP contribution in [0.15, 0.2) is 57.5 Å². The number of fused-ring (bicyclic) bond motifs is 1. The van der Waals surface area contributed by atoms with Gasteiger partial charge in [0.05, 0.1) is 23.7 Å². The molecule has 2 aromatic carbocycles. The van der Waals surface area contributed by atoms with E-state index < -0.39 is 27.4 Å². The van der Waals surface area contributed by atoms with Crippen molar-refractivity contribution in [3.63, 3.8) is 0 Å². The van der Waals surface area contributed by atoms with E-state index in [0.717, 1.165) is 26.8 Å². The van der Waals surface area contributed by atoms with Gasteiger partial charge in [0.2, 0.25) is 0 Å². The first-order chi connectivity index (χ1) is 16.1. The minimum atomic E-state index is -4.06. The Morgan fingerprint density at radius 1 is 1.12 bits per heavy atom. The van der Waals surface area contributed by atoms with Crippen molar-refractivity contribution in [2.24, 2.45) is 0 Å². The Balaban J connectivity index is 1.62. The van der Waals surface area contributed by atoms with Gasteiger partial charge in [-0.15, -0.1) is 11.3 Å². The number of ether oxygens (including phenoxy) is 1. The van der Waals surface area contributed by atoms with Gasteiger partial charge in [-0.2, -0.15) is 0 Å². The fraction of sp³-hybridized carbons (Fsp3) is 0.136. The molecule has 176 valence electrons. The molecule has 0 radical (unpaired) electrons. The topological polar surface area (TPSA) is 119 Å². The highest BCUT2D eigenvalue weighted by Crippen LogP contribution is 2.23. The van der Waals surface area contributed by atoms with E-state index in [9.17, 15) is 22.4 Å². The van der Waals surface area contributed by atoms with Crippen molar-refractivity contribution in [2.75, 3.05) is 12.4 Å². The quantitative estimate of drug-likeness (QED) is 0.429. The highest BCUT2D eigenvalue weighted by atomic mass is 32.2. The summed E-state index contributed by atoms with van der Waals surface area (Å²) in [4.78, 5) is 30.4. The van der Waals surface area contributed by atoms with Crippen LogP contribution in [0.3, 0.4) is 0 Å². The summed E-state index contributed by atoms with van der Waals surface area (Å²) in [5.41, 5.74) is -0.127. The first-order valence-electron chi connectivity index (χ1n) is 9.86. The normalized spacial score (nSPS) is 11.4. The second-order valence-electron chi connectivity index (χ2n) is 7.27. The highest BCUT2D eigenvalue weighted by Gasteiger charge is 2.20. The van der Waals surface area contributed by atoms with E-state index in [1.165, 1.54) is 31.4 Å². The first-order valence-corrected chi connectivity index (χ1v) is 12.2. The largest absolute Gasteiger partial charge is 0.497 e. The second kappa shape index (κ2) is 8.88. The van der Waals surface area contributed by atoms with Crippen LogP contribution in [-0.4, -0.2) is 31.1 Å². The van der Waals surface area contributed by atoms with E-state index in [1.54, 1.807) is 32.0 Å². The number of nitrogens with zero attached hydrogens (tertiary/aromatic N) is 2. The number of halogens is 1. The lowest BCUT2D eigenvalue weighted by Gasteiger charge is -2.13. The summed E-state index contributed by atoms with van der Waals surface area (Å²) < 4.78 is 47.7. The van der Waals surface area contributed by atoms with Crippen LogP contribution >= 0.6 is 11.3 Å². The maximum absolute atomic E-state index is 15.0. The number of benzene rings is 2. The summed E-state index contributed by atoms with van der Waals surface area (Å²) in [7, 11) is -2.59. The fourth-order valence-corrected chi connectivity index (χ4v) is 5.53. The summed E-state index contributed by atoms with van der Waals surface area (Å²) in [6.07, 6.45) is 0. The zero-order valence-corrected chi connectivity index (χ0v) is 19.9. The lowest BCUT2D eigenvalue weighted by molar-refractivity contribution is 0.256. The molecule has 2 aromatic heterocycles. The molecule has 0 aliphatic rings. The van der Waals surface area contributed by atoms with Gasteiger partial charge in [-0.05, 0) is 62.4 Å². The molecule has 34 heavy (non-hydrogen) atoms. The first kappa shape index (κ1) is 23.4. The summed E-state index contributed by atoms with van der Waals surface area (Å²) in [5.74, 6) is -0.0957. The van der Waals surface area contributed by atoms with Crippen molar-refractivity contribution in [1.82, 2.24) is 14.3 Å². The molecule has 0 fully saturated rings. The van der Waals surface area contributed by atoms with E-state index in [2.05, 4.69) is 10.3 Å². The number of amides is 2. The number of urea groups is 1. The molecule has 0 spiro atoms. The van der Waals surface area contributed by atoms with Gasteiger partial charge < -0.3 is 10.1 Å². The maximum Gasteiger partial charge on any atom is 0.333 e. The third kappa shape index (κ3) is 4.50. The molecule has 0 saturated carbocycles. The predicted octanol–water partition coefficient (Wildman–Crippen LogP) is 3.72. The summed E-state index contributed by atoms with van der Waals surface area (Å²) in [5, 5.41) is 2.53. The number of aromatic nitrogens is 2. The molecular formula is C22H19FN4O5S2. The van der Waals surface area contributed by atoms with Crippen LogP contribution in [0.1, 0.15) is 10.7 Å². The Morgan fingerprint density at radius 2 is 1.88 bits per heavy atom. The number of thiophene rings is 1. The number of nitrogens with one attached hydrogen (secondary N) is 2. The Labute approximate surface area is 197 Å². The van der Waals surface area contributed by atoms with Crippen LogP contribution in [0, 0.1) is 19.7 Å². The number of sulfonamides is 1. The van der Waals surface area contributed by atoms with Crippen LogP contribution in [0.5, 0.6) is 5.75 Å². The number of carbonyl (C=O) groups excluding carboxylic acids is 1. The van der Waals surface area contributed by atoms with Gasteiger partial charge in [0.15, 0.2) is 0 Å². The van der Waals surface area contributed by atoms with Gasteiger partial charge in [0, 0.05) is 10.6 Å². The molecule has 0 atom stereocenters. The number of rotatable bonds is 5. The van der Waals surface area contributed by atoms with Crippen molar-refractivity contribution >= 4 is 44.0 Å². The molecule has 2 heterocycles. The molecule has 12 heteroatoms. The third-order valence-electron chi connectivity index (χ3n) is 4.90. The van der Waals surface area contributed by atoms with E-state index in [0.29, 0.717) is 11.3 Å². The predicted molar refractivity (Wildman–Crippen MR) is 127 cm³/mol. The Hall–Kier alpha value is -3.77. The molecule has 2 N–H and O–H groups in total. The number of methoxy groups -OCH3 is 1. The van der Waals surface area contributed by atoms with Crippen LogP contribution in [0.2, 0.25) is 0 Å². The van der Waals surface area contributed by atoms with Gasteiger partial charge in [-0.3, -0.25) is 9.36 Å². The van der Waals surface area contributed by atoms with Gasteiger partial charge >= 0.3 is 6.03 Å². The number of carbonyl (C=O) groups is 1. The minimum Gasteiger partial charge on any atom is -0.497 e. The van der Waals surface area contributed by atoms with Crippen molar-refractivity contribution in [1.29, 1.82) is 0 Å². The summed E-state index contributed by atoms with van der Waals surface area (Å²) >= 11 is 1.01. The third-order valence-corrected chi connectivity index (χ3v) is 7.72. The number of hydrogen-bond donors (Lipinski definition) is 2. The SMILES string of the molecule is COc1ccc2nc(C)n(-c3ccc(NC(=O)NS(=O)(=O)c4ccc(C)s4)cc3F)c(=O)c2c1. The zero-order chi connectivity index (χ0) is 24.6. The summed E-state index contributed by atoms with van der Waals surface area (Å²) in [6.45, 7) is 3.31. The summed E-state index contributed by atoms with van der Waals surface area (Å²) in [6, 6.07) is 10.4. The van der Waals surface area contributed by atoms with Crippen LogP contribution in [-0.2, 0) is 10.0 Å². The molecule has 0 aliphatic heterocycles. The van der Waals surface area contributed by atoms with Gasteiger partial charge in [-0.25, -0.2) is 27.3 Å². The average molecular weight is 503 g/mol. The van der Waals surface area contributed by atoms with Crippen molar-refractivity contribution in [2.45, 2.75) is 18.1 Å². The molecule has 0 bridgehead atoms. The smallest absolute Gasteiger partial charge is 0.333 e. The molecule has 9 nitrogen and oxygen atoms in total. The molecular weight excluding hydrogens is 483 g/mol. The molecule has 4 aromatic rings. The average Bonchev–Trinajstić information content (AvgIpc) is 3.22. The Kier molecular flexibility index (Phi) is 6.11. The zero-order valence-electron chi connectivity index (χ0n) is 18.2. The fourth-order valence-electron chi connectivity index (χ4n) is 3.34. The Bertz CT molecular complexity index is 1590. The number of aryl methyl sites for hydroxylation is 2. The lowest BCUT2D eigenvalue weighted by Crippen LogP contribution is -2.34. The lowest BCUT2D eigenvalue weighted by atomic mass is 10.2. The van der Waals surface area contributed by atoms with Gasteiger partial charge in [-0.1, -0.05) is 0 Å². The van der Waals surface area contributed by atoms with E-state index in [1.807, 2.05) is 4.72 Å². The van der Waals surface area contributed by atoms with Crippen molar-refractivity contribution in [3.8, 4) is 11.4 Å². The number of hydrogen-bond acceptors (Lipinski definition) is 7. The van der Waals surface area contributed by atoms with Gasteiger partial charge in [0.25, 0.3) is 15.6 Å². The van der Waals surface area contributed by atoms with Crippen LogP contribution in [0.25, 0.3) is 16.6 Å². The van der Waals surface area contributed by atoms with E-state index in [4.69, 9.17) is 4.74 Å². The van der Waals surface area contributed by atoms with E-state index >= 15 is 0 Å².